The minimum Gasteiger partial charge on any atom is -0.544 e. The summed E-state index contributed by atoms with van der Waals surface area (Å²) in [7, 11) is 0. The Hall–Kier alpha value is -1.20. The molecule has 0 aliphatic heterocycles. The van der Waals surface area contributed by atoms with Crippen LogP contribution in [0.2, 0.25) is 0 Å². The third-order valence-corrected chi connectivity index (χ3v) is 4.02. The van der Waals surface area contributed by atoms with Crippen LogP contribution in [0.15, 0.2) is 28.7 Å². The molecular formula is C15H20BrNO3. The molecule has 0 saturated heterocycles. The predicted octanol–water partition coefficient (Wildman–Crippen LogP) is 0.750. The quantitative estimate of drug-likeness (QED) is 0.709. The number of quaternary nitrogens is 1. The van der Waals surface area contributed by atoms with E-state index in [4.69, 9.17) is 0 Å². The van der Waals surface area contributed by atoms with E-state index in [0.717, 1.165) is 10.9 Å². The minimum absolute atomic E-state index is 0.0231. The Labute approximate surface area is 127 Å². The van der Waals surface area contributed by atoms with Crippen LogP contribution in [0, 0.1) is 5.92 Å². The molecule has 0 fully saturated rings. The summed E-state index contributed by atoms with van der Waals surface area (Å²) in [5.74, 6) is -1.01. The van der Waals surface area contributed by atoms with E-state index in [9.17, 15) is 14.7 Å². The molecule has 2 atom stereocenters. The Morgan fingerprint density at radius 2 is 1.90 bits per heavy atom. The number of rotatable bonds is 8. The van der Waals surface area contributed by atoms with Crippen molar-refractivity contribution >= 4 is 27.7 Å². The molecule has 0 aromatic heterocycles. The molecule has 0 aliphatic rings. The van der Waals surface area contributed by atoms with Crippen LogP contribution in [0.25, 0.3) is 0 Å². The molecule has 110 valence electrons. The average molecular weight is 342 g/mol. The molecule has 0 heterocycles. The van der Waals surface area contributed by atoms with Crippen molar-refractivity contribution in [1.82, 2.24) is 0 Å². The molecule has 1 aromatic rings. The molecule has 0 bridgehead atoms. The first-order valence-electron chi connectivity index (χ1n) is 6.78. The molecule has 0 radical (unpaired) electrons. The van der Waals surface area contributed by atoms with Crippen molar-refractivity contribution in [3.05, 3.63) is 34.3 Å². The van der Waals surface area contributed by atoms with Crippen LogP contribution in [-0.2, 0) is 4.79 Å². The Morgan fingerprint density at radius 3 is 2.40 bits per heavy atom. The van der Waals surface area contributed by atoms with Crippen LogP contribution in [-0.4, -0.2) is 24.3 Å². The van der Waals surface area contributed by atoms with Gasteiger partial charge in [0.15, 0.2) is 5.78 Å². The number of hydrogen-bond acceptors (Lipinski definition) is 3. The summed E-state index contributed by atoms with van der Waals surface area (Å²) in [6, 6.07) is 6.58. The van der Waals surface area contributed by atoms with Crippen LogP contribution in [0.5, 0.6) is 0 Å². The molecule has 1 aromatic carbocycles. The van der Waals surface area contributed by atoms with Gasteiger partial charge in [0.1, 0.15) is 6.04 Å². The standard InChI is InChI=1S/C15H20BrNO3/c1-3-10(2)14(15(19)20)17-9-8-13(18)11-4-6-12(16)7-5-11/h4-7,10,14,17H,3,8-9H2,1-2H3,(H,19,20)/t10-,14-/m0/s1. The first-order valence-corrected chi connectivity index (χ1v) is 7.58. The van der Waals surface area contributed by atoms with Crippen molar-refractivity contribution in [2.24, 2.45) is 5.92 Å². The lowest BCUT2D eigenvalue weighted by Gasteiger charge is -2.21. The average Bonchev–Trinajstić information content (AvgIpc) is 2.43. The van der Waals surface area contributed by atoms with Gasteiger partial charge in [-0.25, -0.2) is 0 Å². The van der Waals surface area contributed by atoms with E-state index in [1.165, 1.54) is 0 Å². The lowest BCUT2D eigenvalue weighted by Crippen LogP contribution is -2.94. The molecular weight excluding hydrogens is 322 g/mol. The van der Waals surface area contributed by atoms with Gasteiger partial charge in [-0.2, -0.15) is 0 Å². The van der Waals surface area contributed by atoms with Crippen molar-refractivity contribution < 1.29 is 20.0 Å². The van der Waals surface area contributed by atoms with Crippen molar-refractivity contribution in [1.29, 1.82) is 0 Å². The number of carboxylic acids is 1. The lowest BCUT2D eigenvalue weighted by atomic mass is 9.99. The first kappa shape index (κ1) is 16.9. The highest BCUT2D eigenvalue weighted by molar-refractivity contribution is 9.10. The van der Waals surface area contributed by atoms with E-state index in [2.05, 4.69) is 15.9 Å². The van der Waals surface area contributed by atoms with E-state index >= 15 is 0 Å². The fourth-order valence-corrected chi connectivity index (χ4v) is 2.25. The second-order valence-corrected chi connectivity index (χ2v) is 5.85. The maximum absolute atomic E-state index is 11.9. The number of hydrogen-bond donors (Lipinski definition) is 1. The van der Waals surface area contributed by atoms with E-state index in [1.54, 1.807) is 17.4 Å². The normalized spacial score (nSPS) is 13.8. The molecule has 5 heteroatoms. The Bertz CT molecular complexity index is 459. The van der Waals surface area contributed by atoms with E-state index in [1.807, 2.05) is 26.0 Å². The third-order valence-electron chi connectivity index (χ3n) is 3.49. The molecule has 1 rings (SSSR count). The molecule has 4 nitrogen and oxygen atoms in total. The maximum atomic E-state index is 11.9. The van der Waals surface area contributed by atoms with E-state index in [0.29, 0.717) is 18.5 Å². The Morgan fingerprint density at radius 1 is 1.30 bits per heavy atom. The summed E-state index contributed by atoms with van der Waals surface area (Å²) >= 11 is 3.32. The summed E-state index contributed by atoms with van der Waals surface area (Å²) in [6.07, 6.45) is 1.09. The number of ketones is 1. The van der Waals surface area contributed by atoms with Crippen molar-refractivity contribution in [2.75, 3.05) is 6.54 Å². The molecule has 0 saturated carbocycles. The summed E-state index contributed by atoms with van der Waals surface area (Å²) in [6.45, 7) is 4.28. The van der Waals surface area contributed by atoms with Crippen molar-refractivity contribution in [3.63, 3.8) is 0 Å². The highest BCUT2D eigenvalue weighted by Crippen LogP contribution is 2.11. The zero-order valence-corrected chi connectivity index (χ0v) is 13.4. The SMILES string of the molecule is CC[C@H](C)[C@H]([NH2+]CCC(=O)c1ccc(Br)cc1)C(=O)[O-]. The number of halogens is 1. The molecule has 0 aliphatic carbocycles. The number of nitrogens with two attached hydrogens (primary N) is 1. The van der Waals surface area contributed by atoms with Gasteiger partial charge in [-0.3, -0.25) is 4.79 Å². The van der Waals surface area contributed by atoms with Crippen LogP contribution in [0.3, 0.4) is 0 Å². The van der Waals surface area contributed by atoms with Crippen LogP contribution < -0.4 is 10.4 Å². The molecule has 0 unspecified atom stereocenters. The Kier molecular flexibility index (Phi) is 6.88. The van der Waals surface area contributed by atoms with Crippen molar-refractivity contribution in [3.8, 4) is 0 Å². The molecule has 0 amide bonds. The number of carbonyl (C=O) groups excluding carboxylic acids is 2. The molecule has 2 N–H and O–H groups in total. The smallest absolute Gasteiger partial charge is 0.168 e. The Balaban J connectivity index is 2.48. The minimum atomic E-state index is -1.06. The van der Waals surface area contributed by atoms with E-state index < -0.39 is 12.0 Å². The largest absolute Gasteiger partial charge is 0.544 e. The zero-order valence-electron chi connectivity index (χ0n) is 11.8. The van der Waals surface area contributed by atoms with Gasteiger partial charge in [0, 0.05) is 16.0 Å². The fraction of sp³-hybridized carbons (Fsp3) is 0.467. The fourth-order valence-electron chi connectivity index (χ4n) is 1.99. The first-order chi connectivity index (χ1) is 9.45. The van der Waals surface area contributed by atoms with E-state index in [-0.39, 0.29) is 11.7 Å². The van der Waals surface area contributed by atoms with Crippen LogP contribution >= 0.6 is 15.9 Å². The van der Waals surface area contributed by atoms with Crippen LogP contribution in [0.1, 0.15) is 37.0 Å². The maximum Gasteiger partial charge on any atom is 0.168 e. The van der Waals surface area contributed by atoms with Gasteiger partial charge in [0.05, 0.1) is 18.9 Å². The summed E-state index contributed by atoms with van der Waals surface area (Å²) in [4.78, 5) is 23.0. The summed E-state index contributed by atoms with van der Waals surface area (Å²) < 4.78 is 0.925. The second kappa shape index (κ2) is 8.17. The highest BCUT2D eigenvalue weighted by Gasteiger charge is 2.20. The van der Waals surface area contributed by atoms with Crippen LogP contribution in [0.4, 0.5) is 0 Å². The molecule has 0 spiro atoms. The number of carboxylic acid groups (broad SMARTS) is 1. The lowest BCUT2D eigenvalue weighted by molar-refractivity contribution is -0.688. The van der Waals surface area contributed by atoms with Gasteiger partial charge < -0.3 is 15.2 Å². The third kappa shape index (κ3) is 5.06. The number of carbonyl (C=O) groups is 2. The van der Waals surface area contributed by atoms with Gasteiger partial charge in [0.25, 0.3) is 0 Å². The highest BCUT2D eigenvalue weighted by atomic mass is 79.9. The number of benzene rings is 1. The van der Waals surface area contributed by atoms with Gasteiger partial charge >= 0.3 is 0 Å². The summed E-state index contributed by atoms with van der Waals surface area (Å²) in [5.41, 5.74) is 0.648. The predicted molar refractivity (Wildman–Crippen MR) is 78.1 cm³/mol. The monoisotopic (exact) mass is 341 g/mol. The van der Waals surface area contributed by atoms with Gasteiger partial charge in [-0.05, 0) is 18.6 Å². The number of Topliss-reactive ketones (excluding diaryl/α,β-unsaturated/α-hetero) is 1. The van der Waals surface area contributed by atoms with Gasteiger partial charge in [-0.15, -0.1) is 0 Å². The number of aliphatic carboxylic acids is 1. The zero-order chi connectivity index (χ0) is 15.1. The topological polar surface area (TPSA) is 73.8 Å². The van der Waals surface area contributed by atoms with Crippen molar-refractivity contribution in [2.45, 2.75) is 32.7 Å². The summed E-state index contributed by atoms with van der Waals surface area (Å²) in [5, 5.41) is 12.7. The van der Waals surface area contributed by atoms with Gasteiger partial charge in [0.2, 0.25) is 0 Å². The molecule has 20 heavy (non-hydrogen) atoms. The second-order valence-electron chi connectivity index (χ2n) is 4.93. The van der Waals surface area contributed by atoms with Gasteiger partial charge in [-0.1, -0.05) is 41.9 Å².